The predicted octanol–water partition coefficient (Wildman–Crippen LogP) is 1.08. The van der Waals surface area contributed by atoms with Crippen LogP contribution in [0.2, 0.25) is 0 Å². The second kappa shape index (κ2) is 5.40. The van der Waals surface area contributed by atoms with Crippen LogP contribution in [0.1, 0.15) is 28.8 Å². The minimum atomic E-state index is -0.914. The minimum absolute atomic E-state index is 0.0156. The summed E-state index contributed by atoms with van der Waals surface area (Å²) < 4.78 is 0. The van der Waals surface area contributed by atoms with E-state index < -0.39 is 5.97 Å². The van der Waals surface area contributed by atoms with E-state index in [4.69, 9.17) is 10.8 Å². The lowest BCUT2D eigenvalue weighted by molar-refractivity contribution is -0.126. The minimum Gasteiger partial charge on any atom is -0.478 e. The van der Waals surface area contributed by atoms with E-state index in [1.807, 2.05) is 19.2 Å². The molecule has 0 bridgehead atoms. The summed E-state index contributed by atoms with van der Waals surface area (Å²) in [5, 5.41) is 8.82. The monoisotopic (exact) mass is 262 g/mol. The van der Waals surface area contributed by atoms with Crippen molar-refractivity contribution in [3.63, 3.8) is 0 Å². The maximum Gasteiger partial charge on any atom is 0.335 e. The molecule has 0 aliphatic heterocycles. The zero-order valence-electron chi connectivity index (χ0n) is 10.9. The van der Waals surface area contributed by atoms with E-state index in [0.29, 0.717) is 11.6 Å². The fourth-order valence-corrected chi connectivity index (χ4v) is 2.35. The third kappa shape index (κ3) is 3.12. The van der Waals surface area contributed by atoms with Crippen molar-refractivity contribution in [2.45, 2.75) is 25.4 Å². The van der Waals surface area contributed by atoms with E-state index in [2.05, 4.69) is 4.90 Å². The number of carboxylic acids is 1. The number of amides is 1. The highest BCUT2D eigenvalue weighted by Gasteiger charge is 2.35. The van der Waals surface area contributed by atoms with Gasteiger partial charge in [0.25, 0.3) is 0 Å². The van der Waals surface area contributed by atoms with Gasteiger partial charge in [-0.3, -0.25) is 9.69 Å². The zero-order chi connectivity index (χ0) is 14.0. The van der Waals surface area contributed by atoms with Gasteiger partial charge in [-0.2, -0.15) is 0 Å². The SMILES string of the molecule is CN(Cc1ccc(C(=O)O)cc1)C1CC(C(N)=O)C1. The van der Waals surface area contributed by atoms with Crippen molar-refractivity contribution in [2.24, 2.45) is 11.7 Å². The molecule has 1 aliphatic carbocycles. The fourth-order valence-electron chi connectivity index (χ4n) is 2.35. The number of rotatable bonds is 5. The van der Waals surface area contributed by atoms with Gasteiger partial charge in [-0.15, -0.1) is 0 Å². The summed E-state index contributed by atoms with van der Waals surface area (Å²) in [5.74, 6) is -1.11. The van der Waals surface area contributed by atoms with E-state index >= 15 is 0 Å². The molecule has 0 aromatic heterocycles. The molecule has 0 radical (unpaired) electrons. The van der Waals surface area contributed by atoms with Gasteiger partial charge in [0.15, 0.2) is 0 Å². The maximum atomic E-state index is 11.0. The quantitative estimate of drug-likeness (QED) is 0.831. The predicted molar refractivity (Wildman–Crippen MR) is 70.6 cm³/mol. The van der Waals surface area contributed by atoms with Crippen molar-refractivity contribution in [1.29, 1.82) is 0 Å². The van der Waals surface area contributed by atoms with Crippen LogP contribution in [0.3, 0.4) is 0 Å². The lowest BCUT2D eigenvalue weighted by Gasteiger charge is -2.39. The van der Waals surface area contributed by atoms with Gasteiger partial charge >= 0.3 is 5.97 Å². The molecule has 1 aromatic rings. The summed E-state index contributed by atoms with van der Waals surface area (Å²) in [7, 11) is 2.01. The first-order chi connectivity index (χ1) is 8.97. The number of carbonyl (C=O) groups excluding carboxylic acids is 1. The standard InChI is InChI=1S/C14H18N2O3/c1-16(12-6-11(7-12)13(15)17)8-9-2-4-10(5-3-9)14(18)19/h2-5,11-12H,6-8H2,1H3,(H2,15,17)(H,18,19). The van der Waals surface area contributed by atoms with Crippen LogP contribution in [0.5, 0.6) is 0 Å². The molecular formula is C14H18N2O3. The highest BCUT2D eigenvalue weighted by molar-refractivity contribution is 5.87. The lowest BCUT2D eigenvalue weighted by atomic mass is 9.79. The van der Waals surface area contributed by atoms with Gasteiger partial charge in [-0.05, 0) is 37.6 Å². The molecule has 1 amide bonds. The topological polar surface area (TPSA) is 83.6 Å². The average Bonchev–Trinajstić information content (AvgIpc) is 2.26. The Kier molecular flexibility index (Phi) is 3.85. The highest BCUT2D eigenvalue weighted by atomic mass is 16.4. The molecular weight excluding hydrogens is 244 g/mol. The van der Waals surface area contributed by atoms with Crippen molar-refractivity contribution in [2.75, 3.05) is 7.05 Å². The second-order valence-corrected chi connectivity index (χ2v) is 5.14. The van der Waals surface area contributed by atoms with Gasteiger partial charge in [0.1, 0.15) is 0 Å². The van der Waals surface area contributed by atoms with Crippen LogP contribution in [-0.2, 0) is 11.3 Å². The van der Waals surface area contributed by atoms with Crippen molar-refractivity contribution in [3.05, 3.63) is 35.4 Å². The number of nitrogens with zero attached hydrogens (tertiary/aromatic N) is 1. The Balaban J connectivity index is 1.87. The van der Waals surface area contributed by atoms with Crippen LogP contribution in [0, 0.1) is 5.92 Å². The number of primary amides is 1. The maximum absolute atomic E-state index is 11.0. The number of hydrogen-bond acceptors (Lipinski definition) is 3. The number of aromatic carboxylic acids is 1. The summed E-state index contributed by atoms with van der Waals surface area (Å²) in [6, 6.07) is 7.25. The molecule has 2 rings (SSSR count). The molecule has 3 N–H and O–H groups in total. The Morgan fingerprint density at radius 3 is 2.37 bits per heavy atom. The van der Waals surface area contributed by atoms with Gasteiger partial charge in [0.2, 0.25) is 5.91 Å². The second-order valence-electron chi connectivity index (χ2n) is 5.14. The molecule has 0 heterocycles. The third-order valence-corrected chi connectivity index (χ3v) is 3.77. The number of hydrogen-bond donors (Lipinski definition) is 2. The molecule has 1 aromatic carbocycles. The first-order valence-electron chi connectivity index (χ1n) is 6.29. The van der Waals surface area contributed by atoms with Gasteiger partial charge < -0.3 is 10.8 Å². The highest BCUT2D eigenvalue weighted by Crippen LogP contribution is 2.31. The van der Waals surface area contributed by atoms with Gasteiger partial charge in [0, 0.05) is 18.5 Å². The van der Waals surface area contributed by atoms with Crippen LogP contribution in [0.25, 0.3) is 0 Å². The van der Waals surface area contributed by atoms with E-state index in [1.54, 1.807) is 12.1 Å². The molecule has 1 aliphatic rings. The lowest BCUT2D eigenvalue weighted by Crippen LogP contribution is -2.46. The zero-order valence-corrected chi connectivity index (χ0v) is 10.9. The molecule has 0 unspecified atom stereocenters. The van der Waals surface area contributed by atoms with Crippen molar-refractivity contribution < 1.29 is 14.7 Å². The summed E-state index contributed by atoms with van der Waals surface area (Å²) in [6.45, 7) is 0.746. The largest absolute Gasteiger partial charge is 0.478 e. The Bertz CT molecular complexity index is 478. The molecule has 1 saturated carbocycles. The Labute approximate surface area is 112 Å². The van der Waals surface area contributed by atoms with E-state index in [0.717, 1.165) is 24.9 Å². The fraction of sp³-hybridized carbons (Fsp3) is 0.429. The van der Waals surface area contributed by atoms with Crippen LogP contribution in [-0.4, -0.2) is 35.0 Å². The summed E-state index contributed by atoms with van der Waals surface area (Å²) >= 11 is 0. The Morgan fingerprint density at radius 2 is 1.89 bits per heavy atom. The van der Waals surface area contributed by atoms with E-state index in [1.165, 1.54) is 0 Å². The van der Waals surface area contributed by atoms with Gasteiger partial charge in [-0.1, -0.05) is 12.1 Å². The molecule has 1 fully saturated rings. The van der Waals surface area contributed by atoms with Crippen molar-refractivity contribution >= 4 is 11.9 Å². The average molecular weight is 262 g/mol. The van der Waals surface area contributed by atoms with Crippen LogP contribution in [0.15, 0.2) is 24.3 Å². The molecule has 5 heteroatoms. The summed E-state index contributed by atoms with van der Waals surface area (Å²) in [6.07, 6.45) is 1.64. The number of nitrogens with two attached hydrogens (primary N) is 1. The molecule has 102 valence electrons. The smallest absolute Gasteiger partial charge is 0.335 e. The molecule has 19 heavy (non-hydrogen) atoms. The summed E-state index contributed by atoms with van der Waals surface area (Å²) in [4.78, 5) is 23.9. The van der Waals surface area contributed by atoms with E-state index in [9.17, 15) is 9.59 Å². The Morgan fingerprint density at radius 1 is 1.32 bits per heavy atom. The number of benzene rings is 1. The van der Waals surface area contributed by atoms with Crippen LogP contribution < -0.4 is 5.73 Å². The molecule has 0 saturated heterocycles. The van der Waals surface area contributed by atoms with Crippen molar-refractivity contribution in [1.82, 2.24) is 4.90 Å². The van der Waals surface area contributed by atoms with Crippen LogP contribution in [0.4, 0.5) is 0 Å². The molecule has 5 nitrogen and oxygen atoms in total. The van der Waals surface area contributed by atoms with Gasteiger partial charge in [0.05, 0.1) is 5.56 Å². The molecule has 0 atom stereocenters. The van der Waals surface area contributed by atoms with Crippen LogP contribution >= 0.6 is 0 Å². The summed E-state index contributed by atoms with van der Waals surface area (Å²) in [5.41, 5.74) is 6.60. The number of carbonyl (C=O) groups is 2. The third-order valence-electron chi connectivity index (χ3n) is 3.77. The Hall–Kier alpha value is -1.88. The molecule has 0 spiro atoms. The van der Waals surface area contributed by atoms with E-state index in [-0.39, 0.29) is 11.8 Å². The normalized spacial score (nSPS) is 22.0. The first-order valence-corrected chi connectivity index (χ1v) is 6.29. The first kappa shape index (κ1) is 13.5. The van der Waals surface area contributed by atoms with Gasteiger partial charge in [-0.25, -0.2) is 4.79 Å². The van der Waals surface area contributed by atoms with Crippen molar-refractivity contribution in [3.8, 4) is 0 Å². The number of carboxylic acid groups (broad SMARTS) is 1.